The zero-order valence-corrected chi connectivity index (χ0v) is 8.27. The molecule has 0 amide bonds. The third-order valence-electron chi connectivity index (χ3n) is 3.13. The van der Waals surface area contributed by atoms with Gasteiger partial charge in [-0.2, -0.15) is 5.10 Å². The molecule has 0 radical (unpaired) electrons. The first-order valence-electron chi connectivity index (χ1n) is 5.13. The Bertz CT molecular complexity index is 334. The zero-order valence-electron chi connectivity index (χ0n) is 8.27. The molecule has 0 saturated carbocycles. The number of aromatic nitrogens is 2. The Kier molecular flexibility index (Phi) is 1.70. The van der Waals surface area contributed by atoms with Crippen LogP contribution in [0.1, 0.15) is 12.1 Å². The number of rotatable bonds is 1. The molecule has 1 N–H and O–H groups in total. The van der Waals surface area contributed by atoms with Crippen LogP contribution < -0.4 is 10.2 Å². The van der Waals surface area contributed by atoms with Gasteiger partial charge in [0, 0.05) is 25.2 Å². The number of piperazine rings is 1. The van der Waals surface area contributed by atoms with Gasteiger partial charge in [-0.05, 0) is 25.5 Å². The molecule has 2 unspecified atom stereocenters. The van der Waals surface area contributed by atoms with Gasteiger partial charge in [0.2, 0.25) is 0 Å². The van der Waals surface area contributed by atoms with Gasteiger partial charge < -0.3 is 10.2 Å². The van der Waals surface area contributed by atoms with Crippen LogP contribution in [0.2, 0.25) is 0 Å². The molecule has 2 bridgehead atoms. The first-order valence-corrected chi connectivity index (χ1v) is 5.13. The van der Waals surface area contributed by atoms with Crippen molar-refractivity contribution in [1.82, 2.24) is 15.5 Å². The second kappa shape index (κ2) is 2.92. The van der Waals surface area contributed by atoms with Crippen LogP contribution in [0, 0.1) is 6.92 Å². The van der Waals surface area contributed by atoms with Crippen LogP contribution in [0.25, 0.3) is 0 Å². The van der Waals surface area contributed by atoms with Crippen molar-refractivity contribution in [2.24, 2.45) is 0 Å². The van der Waals surface area contributed by atoms with Crippen LogP contribution in [0.4, 0.5) is 5.82 Å². The number of anilines is 1. The summed E-state index contributed by atoms with van der Waals surface area (Å²) in [6.45, 7) is 4.15. The van der Waals surface area contributed by atoms with E-state index in [2.05, 4.69) is 26.5 Å². The van der Waals surface area contributed by atoms with E-state index >= 15 is 0 Å². The van der Waals surface area contributed by atoms with Crippen LogP contribution in [-0.2, 0) is 0 Å². The van der Waals surface area contributed by atoms with E-state index in [1.165, 1.54) is 6.42 Å². The van der Waals surface area contributed by atoms with Crippen molar-refractivity contribution in [3.63, 3.8) is 0 Å². The molecule has 0 spiro atoms. The summed E-state index contributed by atoms with van der Waals surface area (Å²) in [5.74, 6) is 1.03. The van der Waals surface area contributed by atoms with Gasteiger partial charge >= 0.3 is 0 Å². The summed E-state index contributed by atoms with van der Waals surface area (Å²) in [4.78, 5) is 2.37. The molecule has 2 saturated heterocycles. The number of aryl methyl sites for hydroxylation is 1. The molecule has 1 aromatic rings. The first kappa shape index (κ1) is 8.17. The molecular formula is C10H14N4. The average Bonchev–Trinajstić information content (AvgIpc) is 2.80. The summed E-state index contributed by atoms with van der Waals surface area (Å²) in [6, 6.07) is 5.41. The minimum absolute atomic E-state index is 0.636. The molecule has 4 heteroatoms. The summed E-state index contributed by atoms with van der Waals surface area (Å²) in [6.07, 6.45) is 1.26. The van der Waals surface area contributed by atoms with Crippen molar-refractivity contribution in [3.8, 4) is 0 Å². The summed E-state index contributed by atoms with van der Waals surface area (Å²) in [5.41, 5.74) is 0.983. The molecule has 2 atom stereocenters. The topological polar surface area (TPSA) is 41.0 Å². The standard InChI is InChI=1S/C10H14N4/c1-7-2-3-10(13-12-7)14-6-8-4-9(14)5-11-8/h2-3,8-9,11H,4-6H2,1H3. The fraction of sp³-hybridized carbons (Fsp3) is 0.600. The lowest BCUT2D eigenvalue weighted by atomic mass is 10.2. The molecule has 74 valence electrons. The number of nitrogens with zero attached hydrogens (tertiary/aromatic N) is 3. The number of fused-ring (bicyclic) bond motifs is 2. The molecule has 2 fully saturated rings. The Morgan fingerprint density at radius 3 is 2.93 bits per heavy atom. The van der Waals surface area contributed by atoms with Gasteiger partial charge in [-0.3, -0.25) is 0 Å². The third-order valence-corrected chi connectivity index (χ3v) is 3.13. The maximum Gasteiger partial charge on any atom is 0.151 e. The maximum atomic E-state index is 4.23. The second-order valence-electron chi connectivity index (χ2n) is 4.18. The molecule has 0 aromatic carbocycles. The lowest BCUT2D eigenvalue weighted by Crippen LogP contribution is -2.44. The van der Waals surface area contributed by atoms with E-state index in [1.807, 2.05) is 13.0 Å². The molecule has 2 aliphatic heterocycles. The van der Waals surface area contributed by atoms with Crippen molar-refractivity contribution < 1.29 is 0 Å². The largest absolute Gasteiger partial charge is 0.349 e. The second-order valence-corrected chi connectivity index (χ2v) is 4.18. The summed E-state index contributed by atoms with van der Waals surface area (Å²) < 4.78 is 0. The van der Waals surface area contributed by atoms with Crippen molar-refractivity contribution in [1.29, 1.82) is 0 Å². The normalized spacial score (nSPS) is 29.9. The van der Waals surface area contributed by atoms with E-state index in [9.17, 15) is 0 Å². The number of hydrogen-bond donors (Lipinski definition) is 1. The van der Waals surface area contributed by atoms with Crippen molar-refractivity contribution in [3.05, 3.63) is 17.8 Å². The lowest BCUT2D eigenvalue weighted by Gasteiger charge is -2.27. The predicted octanol–water partition coefficient (Wildman–Crippen LogP) is 0.336. The highest BCUT2D eigenvalue weighted by molar-refractivity contribution is 5.42. The fourth-order valence-corrected chi connectivity index (χ4v) is 2.39. The van der Waals surface area contributed by atoms with Crippen LogP contribution in [0.5, 0.6) is 0 Å². The number of nitrogens with one attached hydrogen (secondary N) is 1. The zero-order chi connectivity index (χ0) is 9.54. The van der Waals surface area contributed by atoms with Gasteiger partial charge in [0.05, 0.1) is 5.69 Å². The van der Waals surface area contributed by atoms with Crippen LogP contribution in [-0.4, -0.2) is 35.4 Å². The molecule has 3 rings (SSSR count). The van der Waals surface area contributed by atoms with Gasteiger partial charge in [-0.1, -0.05) is 0 Å². The quantitative estimate of drug-likeness (QED) is 0.693. The van der Waals surface area contributed by atoms with Gasteiger partial charge in [0.25, 0.3) is 0 Å². The molecular weight excluding hydrogens is 176 g/mol. The van der Waals surface area contributed by atoms with E-state index in [1.54, 1.807) is 0 Å². The average molecular weight is 190 g/mol. The van der Waals surface area contributed by atoms with Crippen molar-refractivity contribution in [2.75, 3.05) is 18.0 Å². The maximum absolute atomic E-state index is 4.23. The van der Waals surface area contributed by atoms with Crippen molar-refractivity contribution >= 4 is 5.82 Å². The van der Waals surface area contributed by atoms with Gasteiger partial charge in [0.1, 0.15) is 0 Å². The molecule has 14 heavy (non-hydrogen) atoms. The smallest absolute Gasteiger partial charge is 0.151 e. The Hall–Kier alpha value is -1.16. The highest BCUT2D eigenvalue weighted by atomic mass is 15.3. The van der Waals surface area contributed by atoms with E-state index in [0.29, 0.717) is 12.1 Å². The minimum Gasteiger partial charge on any atom is -0.349 e. The Labute approximate surface area is 83.3 Å². The van der Waals surface area contributed by atoms with Crippen LogP contribution in [0.15, 0.2) is 12.1 Å². The fourth-order valence-electron chi connectivity index (χ4n) is 2.39. The Morgan fingerprint density at radius 1 is 1.43 bits per heavy atom. The Balaban J connectivity index is 1.86. The van der Waals surface area contributed by atoms with E-state index in [0.717, 1.165) is 24.6 Å². The molecule has 4 nitrogen and oxygen atoms in total. The minimum atomic E-state index is 0.636. The third kappa shape index (κ3) is 1.18. The van der Waals surface area contributed by atoms with Crippen LogP contribution in [0.3, 0.4) is 0 Å². The van der Waals surface area contributed by atoms with Gasteiger partial charge in [-0.25, -0.2) is 0 Å². The summed E-state index contributed by atoms with van der Waals surface area (Å²) in [7, 11) is 0. The van der Waals surface area contributed by atoms with E-state index < -0.39 is 0 Å². The Morgan fingerprint density at radius 2 is 2.36 bits per heavy atom. The summed E-state index contributed by atoms with van der Waals surface area (Å²) >= 11 is 0. The van der Waals surface area contributed by atoms with E-state index in [-0.39, 0.29) is 0 Å². The molecule has 1 aromatic heterocycles. The van der Waals surface area contributed by atoms with Crippen molar-refractivity contribution in [2.45, 2.75) is 25.4 Å². The van der Waals surface area contributed by atoms with Gasteiger partial charge in [-0.15, -0.1) is 5.10 Å². The monoisotopic (exact) mass is 190 g/mol. The van der Waals surface area contributed by atoms with Gasteiger partial charge in [0.15, 0.2) is 5.82 Å². The molecule has 2 aliphatic rings. The highest BCUT2D eigenvalue weighted by Crippen LogP contribution is 2.27. The SMILES string of the molecule is Cc1ccc(N2CC3CC2CN3)nn1. The summed E-state index contributed by atoms with van der Waals surface area (Å²) in [5, 5.41) is 11.8. The van der Waals surface area contributed by atoms with Crippen LogP contribution >= 0.6 is 0 Å². The lowest BCUT2D eigenvalue weighted by molar-refractivity contribution is 0.574. The molecule has 0 aliphatic carbocycles. The number of hydrogen-bond acceptors (Lipinski definition) is 4. The highest BCUT2D eigenvalue weighted by Gasteiger charge is 2.38. The predicted molar refractivity (Wildman–Crippen MR) is 54.3 cm³/mol. The first-order chi connectivity index (χ1) is 6.83. The molecule has 3 heterocycles. The van der Waals surface area contributed by atoms with E-state index in [4.69, 9.17) is 0 Å².